The first kappa shape index (κ1) is 18.4. The molecule has 1 N–H and O–H groups in total. The Balaban J connectivity index is 1.35. The van der Waals surface area contributed by atoms with Crippen LogP contribution >= 0.6 is 0 Å². The smallest absolute Gasteiger partial charge is 0.227 e. The number of benzene rings is 2. The molecule has 0 radical (unpaired) electrons. The van der Waals surface area contributed by atoms with E-state index in [9.17, 15) is 0 Å². The van der Waals surface area contributed by atoms with Gasteiger partial charge in [-0.1, -0.05) is 37.3 Å². The third-order valence-corrected chi connectivity index (χ3v) is 4.91. The minimum atomic E-state index is 0.566. The molecule has 5 nitrogen and oxygen atoms in total. The van der Waals surface area contributed by atoms with Crippen LogP contribution in [0.5, 0.6) is 5.75 Å². The molecule has 2 heterocycles. The van der Waals surface area contributed by atoms with Gasteiger partial charge in [-0.25, -0.2) is 9.97 Å². The van der Waals surface area contributed by atoms with E-state index in [-0.39, 0.29) is 0 Å². The maximum atomic E-state index is 5.84. The first-order valence-corrected chi connectivity index (χ1v) is 9.91. The molecule has 0 unspecified atom stereocenters. The number of anilines is 2. The molecule has 0 amide bonds. The van der Waals surface area contributed by atoms with Crippen LogP contribution in [0, 0.1) is 0 Å². The van der Waals surface area contributed by atoms with Crippen LogP contribution in [0.1, 0.15) is 30.2 Å². The molecule has 2 aromatic carbocycles. The molecule has 1 aliphatic heterocycles. The van der Waals surface area contributed by atoms with E-state index in [1.807, 2.05) is 48.7 Å². The maximum absolute atomic E-state index is 5.84. The molecule has 0 aliphatic carbocycles. The van der Waals surface area contributed by atoms with Crippen molar-refractivity contribution in [3.8, 4) is 5.75 Å². The summed E-state index contributed by atoms with van der Waals surface area (Å²) in [5.74, 6) is 1.50. The van der Waals surface area contributed by atoms with Crippen molar-refractivity contribution in [2.24, 2.45) is 0 Å². The van der Waals surface area contributed by atoms with E-state index in [1.54, 1.807) is 0 Å². The zero-order valence-corrected chi connectivity index (χ0v) is 16.3. The molecule has 1 aromatic heterocycles. The third kappa shape index (κ3) is 4.67. The summed E-state index contributed by atoms with van der Waals surface area (Å²) in [6.07, 6.45) is 4.13. The second-order valence-electron chi connectivity index (χ2n) is 7.12. The number of aromatic nitrogens is 2. The summed E-state index contributed by atoms with van der Waals surface area (Å²) < 4.78 is 5.84. The molecule has 0 saturated carbocycles. The SMILES string of the molecule is CCCN1CCc2nc(Nc3ccc(OCc4ccccc4)cc3)ncc2C1. The van der Waals surface area contributed by atoms with Crippen molar-refractivity contribution in [2.45, 2.75) is 32.9 Å². The van der Waals surface area contributed by atoms with Gasteiger partial charge in [0.1, 0.15) is 12.4 Å². The van der Waals surface area contributed by atoms with Gasteiger partial charge in [0.25, 0.3) is 0 Å². The summed E-state index contributed by atoms with van der Waals surface area (Å²) >= 11 is 0. The van der Waals surface area contributed by atoms with Gasteiger partial charge in [-0.05, 0) is 42.8 Å². The van der Waals surface area contributed by atoms with Crippen molar-refractivity contribution in [1.82, 2.24) is 14.9 Å². The highest BCUT2D eigenvalue weighted by molar-refractivity contribution is 5.54. The highest BCUT2D eigenvalue weighted by Crippen LogP contribution is 2.22. The van der Waals surface area contributed by atoms with Crippen molar-refractivity contribution in [3.63, 3.8) is 0 Å². The van der Waals surface area contributed by atoms with Gasteiger partial charge in [-0.3, -0.25) is 4.90 Å². The average molecular weight is 374 g/mol. The summed E-state index contributed by atoms with van der Waals surface area (Å²) in [6, 6.07) is 18.1. The molecule has 0 spiro atoms. The van der Waals surface area contributed by atoms with Crippen LogP contribution in [-0.2, 0) is 19.6 Å². The summed E-state index contributed by atoms with van der Waals surface area (Å²) in [6.45, 7) is 5.95. The van der Waals surface area contributed by atoms with Crippen LogP contribution in [0.3, 0.4) is 0 Å². The van der Waals surface area contributed by atoms with Crippen LogP contribution in [0.4, 0.5) is 11.6 Å². The number of nitrogens with zero attached hydrogens (tertiary/aromatic N) is 3. The van der Waals surface area contributed by atoms with Crippen molar-refractivity contribution in [2.75, 3.05) is 18.4 Å². The first-order valence-electron chi connectivity index (χ1n) is 9.91. The van der Waals surface area contributed by atoms with Gasteiger partial charge in [-0.2, -0.15) is 0 Å². The van der Waals surface area contributed by atoms with Gasteiger partial charge >= 0.3 is 0 Å². The second-order valence-corrected chi connectivity index (χ2v) is 7.12. The number of rotatable bonds is 7. The Bertz CT molecular complexity index is 896. The van der Waals surface area contributed by atoms with Gasteiger partial charge in [-0.15, -0.1) is 0 Å². The zero-order valence-electron chi connectivity index (χ0n) is 16.3. The predicted octanol–water partition coefficient (Wildman–Crippen LogP) is 4.57. The lowest BCUT2D eigenvalue weighted by Crippen LogP contribution is -2.31. The summed E-state index contributed by atoms with van der Waals surface area (Å²) in [5.41, 5.74) is 4.52. The fourth-order valence-electron chi connectivity index (χ4n) is 3.45. The number of hydrogen-bond acceptors (Lipinski definition) is 5. The van der Waals surface area contributed by atoms with Gasteiger partial charge in [0.2, 0.25) is 5.95 Å². The van der Waals surface area contributed by atoms with Crippen molar-refractivity contribution >= 4 is 11.6 Å². The van der Waals surface area contributed by atoms with Gasteiger partial charge in [0, 0.05) is 37.0 Å². The van der Waals surface area contributed by atoms with Crippen LogP contribution in [0.2, 0.25) is 0 Å². The van der Waals surface area contributed by atoms with Gasteiger partial charge in [0.05, 0.1) is 5.69 Å². The predicted molar refractivity (Wildman–Crippen MR) is 112 cm³/mol. The Morgan fingerprint density at radius 1 is 1.07 bits per heavy atom. The standard InChI is InChI=1S/C23H26N4O/c1-2-13-27-14-12-22-19(16-27)15-24-23(26-22)25-20-8-10-21(11-9-20)28-17-18-6-4-3-5-7-18/h3-11,15H,2,12-14,16-17H2,1H3,(H,24,25,26). The highest BCUT2D eigenvalue weighted by atomic mass is 16.5. The number of nitrogens with one attached hydrogen (secondary N) is 1. The Kier molecular flexibility index (Phi) is 5.83. The molecule has 28 heavy (non-hydrogen) atoms. The van der Waals surface area contributed by atoms with Crippen molar-refractivity contribution in [3.05, 3.63) is 77.6 Å². The lowest BCUT2D eigenvalue weighted by Gasteiger charge is -2.27. The topological polar surface area (TPSA) is 50.3 Å². The normalized spacial score (nSPS) is 13.8. The Morgan fingerprint density at radius 2 is 1.89 bits per heavy atom. The van der Waals surface area contributed by atoms with Crippen molar-refractivity contribution in [1.29, 1.82) is 0 Å². The second kappa shape index (κ2) is 8.85. The zero-order chi connectivity index (χ0) is 19.2. The van der Waals surface area contributed by atoms with Crippen LogP contribution in [0.15, 0.2) is 60.8 Å². The molecular formula is C23H26N4O. The quantitative estimate of drug-likeness (QED) is 0.657. The minimum Gasteiger partial charge on any atom is -0.489 e. The molecule has 144 valence electrons. The average Bonchev–Trinajstić information content (AvgIpc) is 2.74. The number of ether oxygens (including phenoxy) is 1. The molecule has 0 saturated heterocycles. The first-order chi connectivity index (χ1) is 13.8. The van der Waals surface area contributed by atoms with E-state index in [2.05, 4.69) is 34.3 Å². The molecule has 1 aliphatic rings. The van der Waals surface area contributed by atoms with Crippen molar-refractivity contribution < 1.29 is 4.74 Å². The molecular weight excluding hydrogens is 348 g/mol. The molecule has 5 heteroatoms. The van der Waals surface area contributed by atoms with Crippen LogP contribution in [-0.4, -0.2) is 28.0 Å². The Morgan fingerprint density at radius 3 is 2.68 bits per heavy atom. The van der Waals surface area contributed by atoms with E-state index >= 15 is 0 Å². The van der Waals surface area contributed by atoms with E-state index in [0.29, 0.717) is 12.6 Å². The lowest BCUT2D eigenvalue weighted by atomic mass is 10.1. The molecule has 0 bridgehead atoms. The summed E-state index contributed by atoms with van der Waals surface area (Å²) in [7, 11) is 0. The lowest BCUT2D eigenvalue weighted by molar-refractivity contribution is 0.252. The Labute approximate surface area is 166 Å². The van der Waals surface area contributed by atoms with E-state index in [1.165, 1.54) is 12.0 Å². The monoisotopic (exact) mass is 374 g/mol. The van der Waals surface area contributed by atoms with Gasteiger partial charge < -0.3 is 10.1 Å². The van der Waals surface area contributed by atoms with E-state index in [0.717, 1.165) is 48.7 Å². The van der Waals surface area contributed by atoms with Crippen LogP contribution in [0.25, 0.3) is 0 Å². The summed E-state index contributed by atoms with van der Waals surface area (Å²) in [4.78, 5) is 11.7. The Hall–Kier alpha value is -2.92. The molecule has 4 rings (SSSR count). The third-order valence-electron chi connectivity index (χ3n) is 4.91. The van der Waals surface area contributed by atoms with E-state index in [4.69, 9.17) is 9.72 Å². The van der Waals surface area contributed by atoms with Crippen LogP contribution < -0.4 is 10.1 Å². The van der Waals surface area contributed by atoms with E-state index < -0.39 is 0 Å². The fraction of sp³-hybridized carbons (Fsp3) is 0.304. The maximum Gasteiger partial charge on any atom is 0.227 e. The summed E-state index contributed by atoms with van der Waals surface area (Å²) in [5, 5.41) is 3.30. The largest absolute Gasteiger partial charge is 0.489 e. The number of fused-ring (bicyclic) bond motifs is 1. The van der Waals surface area contributed by atoms with Gasteiger partial charge in [0.15, 0.2) is 0 Å². The number of hydrogen-bond donors (Lipinski definition) is 1. The fourth-order valence-corrected chi connectivity index (χ4v) is 3.45. The molecule has 0 atom stereocenters. The molecule has 3 aromatic rings. The highest BCUT2D eigenvalue weighted by Gasteiger charge is 2.17. The molecule has 0 fully saturated rings. The minimum absolute atomic E-state index is 0.566.